The maximum atomic E-state index is 13.0. The van der Waals surface area contributed by atoms with Crippen LogP contribution < -0.4 is 9.64 Å². The minimum atomic E-state index is -4.74. The maximum absolute atomic E-state index is 13.0. The van der Waals surface area contributed by atoms with Gasteiger partial charge in [-0.1, -0.05) is 34.3 Å². The molecule has 1 saturated heterocycles. The molecule has 1 fully saturated rings. The summed E-state index contributed by atoms with van der Waals surface area (Å²) in [6.45, 7) is 6.14. The summed E-state index contributed by atoms with van der Waals surface area (Å²) in [6, 6.07) is 9.42. The fraction of sp³-hybridized carbons (Fsp3) is 0.308. The van der Waals surface area contributed by atoms with Gasteiger partial charge in [0.05, 0.1) is 10.6 Å². The average molecular weight is 632 g/mol. The van der Waals surface area contributed by atoms with Gasteiger partial charge in [0.1, 0.15) is 5.75 Å². The van der Waals surface area contributed by atoms with Crippen LogP contribution in [0.15, 0.2) is 58.3 Å². The first-order valence-electron chi connectivity index (χ1n) is 11.3. The van der Waals surface area contributed by atoms with Crippen LogP contribution in [0.1, 0.15) is 28.4 Å². The third-order valence-electron chi connectivity index (χ3n) is 6.18. The molecule has 4 rings (SSSR count). The van der Waals surface area contributed by atoms with Crippen LogP contribution in [0.25, 0.3) is 0 Å². The highest BCUT2D eigenvalue weighted by Crippen LogP contribution is 2.35. The van der Waals surface area contributed by atoms with E-state index < -0.39 is 6.36 Å². The van der Waals surface area contributed by atoms with Crippen LogP contribution in [0.3, 0.4) is 0 Å². The molecule has 10 heteroatoms. The molecule has 0 unspecified atom stereocenters. The van der Waals surface area contributed by atoms with Crippen molar-refractivity contribution in [2.45, 2.75) is 26.4 Å². The van der Waals surface area contributed by atoms with E-state index in [1.54, 1.807) is 4.90 Å². The number of hydrogen-bond donors (Lipinski definition) is 0. The lowest BCUT2D eigenvalue weighted by atomic mass is 10.1. The number of piperazine rings is 1. The Labute approximate surface area is 223 Å². The molecule has 0 bridgehead atoms. The molecule has 1 amide bonds. The summed E-state index contributed by atoms with van der Waals surface area (Å²) in [5, 5.41) is 0.419. The minimum Gasteiger partial charge on any atom is -0.406 e. The van der Waals surface area contributed by atoms with Gasteiger partial charge in [0.2, 0.25) is 0 Å². The molecule has 0 aliphatic carbocycles. The molecular formula is C26H26ClF3IN3O2. The highest BCUT2D eigenvalue weighted by molar-refractivity contribution is 14.2. The van der Waals surface area contributed by atoms with E-state index in [0.29, 0.717) is 22.7 Å². The normalized spacial score (nSPS) is 16.8. The first kappa shape index (κ1) is 26.5. The van der Waals surface area contributed by atoms with E-state index in [0.717, 1.165) is 37.4 Å². The van der Waals surface area contributed by atoms with Gasteiger partial charge >= 0.3 is 6.36 Å². The smallest absolute Gasteiger partial charge is 0.406 e. The Morgan fingerprint density at radius 1 is 1.17 bits per heavy atom. The number of hydrogen-bond acceptors (Lipinski definition) is 4. The number of nitrogens with zero attached hydrogens (tertiary/aromatic N) is 3. The van der Waals surface area contributed by atoms with Gasteiger partial charge in [-0.3, -0.25) is 4.79 Å². The van der Waals surface area contributed by atoms with Crippen LogP contribution in [0.4, 0.5) is 18.9 Å². The Bertz CT molecular complexity index is 1190. The van der Waals surface area contributed by atoms with E-state index in [-0.39, 0.29) is 38.9 Å². The zero-order valence-electron chi connectivity index (χ0n) is 19.7. The first-order valence-corrected chi connectivity index (χ1v) is 14.5. The van der Waals surface area contributed by atoms with E-state index in [2.05, 4.69) is 35.3 Å². The second-order valence-corrected chi connectivity index (χ2v) is 10.5. The molecule has 192 valence electrons. The van der Waals surface area contributed by atoms with E-state index in [9.17, 15) is 18.0 Å². The molecular weight excluding hydrogens is 606 g/mol. The quantitative estimate of drug-likeness (QED) is 0.264. The summed E-state index contributed by atoms with van der Waals surface area (Å²) in [6.07, 6.45) is -0.469. The van der Waals surface area contributed by atoms with Crippen LogP contribution >= 0.6 is 32.3 Å². The Balaban J connectivity index is 1.42. The summed E-state index contributed by atoms with van der Waals surface area (Å²) < 4.78 is 47.2. The average Bonchev–Trinajstić information content (AvgIpc) is 3.15. The van der Waals surface area contributed by atoms with Crippen molar-refractivity contribution >= 4 is 48.4 Å². The number of alkyl halides is 3. The molecule has 5 nitrogen and oxygen atoms in total. The highest BCUT2D eigenvalue weighted by Gasteiger charge is 2.32. The number of allylic oxidation sites excluding steroid dienone is 2. The number of carbonyl (C=O) groups is 1. The number of halogens is 5. The minimum absolute atomic E-state index is 0.140. The molecule has 2 aliphatic heterocycles. The first-order chi connectivity index (χ1) is 17.2. The highest BCUT2D eigenvalue weighted by atomic mass is 127. The zero-order valence-corrected chi connectivity index (χ0v) is 22.6. The number of anilines is 1. The standard InChI is InChI=1S/C26H26ClF3IN3O2/c1-3-20(8-9-31-2)32-10-12-33(13-11-32)21-14-19-17-34(25(35)24(19)23(27)15-21)16-18-4-6-22(7-5-18)36-26(28,29)30/h3-9,14-15H,2,10-13,16-17H2,1H3/b9-8-,20-3+. The van der Waals surface area contributed by atoms with Crippen molar-refractivity contribution in [1.29, 1.82) is 0 Å². The fourth-order valence-corrected chi connectivity index (χ4v) is 5.43. The molecule has 0 saturated carbocycles. The van der Waals surface area contributed by atoms with Crippen LogP contribution in [-0.2, 0) is 13.1 Å². The number of ether oxygens (including phenoxy) is 1. The number of amides is 1. The van der Waals surface area contributed by atoms with Crippen molar-refractivity contribution in [1.82, 2.24) is 9.80 Å². The topological polar surface area (TPSA) is 36.0 Å². The molecule has 2 aromatic rings. The van der Waals surface area contributed by atoms with Crippen molar-refractivity contribution in [3.05, 3.63) is 80.0 Å². The molecule has 0 aromatic heterocycles. The zero-order chi connectivity index (χ0) is 25.9. The number of benzene rings is 2. The van der Waals surface area contributed by atoms with Gasteiger partial charge < -0.3 is 19.4 Å². The second-order valence-electron chi connectivity index (χ2n) is 8.45. The summed E-state index contributed by atoms with van der Waals surface area (Å²) >= 11 is 6.43. The largest absolute Gasteiger partial charge is 0.573 e. The SMILES string of the molecule is C=I/C=C\C(=C/C)N1CCN(c2cc(Cl)c3c(c2)CN(Cc2ccc(OC(F)(F)F)cc2)C3=O)CC1. The Kier molecular flexibility index (Phi) is 8.29. The Morgan fingerprint density at radius 3 is 2.47 bits per heavy atom. The monoisotopic (exact) mass is 631 g/mol. The molecule has 2 aliphatic rings. The van der Waals surface area contributed by atoms with Crippen molar-refractivity contribution in [3.8, 4) is 5.75 Å². The van der Waals surface area contributed by atoms with E-state index in [1.165, 1.54) is 30.0 Å². The lowest BCUT2D eigenvalue weighted by Gasteiger charge is -2.38. The molecule has 0 radical (unpaired) electrons. The van der Waals surface area contributed by atoms with Gasteiger partial charge in [-0.15, -0.1) is 33.9 Å². The Hall–Kier alpha value is -2.53. The summed E-state index contributed by atoms with van der Waals surface area (Å²) in [7, 11) is 0. The van der Waals surface area contributed by atoms with Crippen molar-refractivity contribution in [3.63, 3.8) is 0 Å². The second kappa shape index (κ2) is 11.2. The van der Waals surface area contributed by atoms with Crippen molar-refractivity contribution < 1.29 is 22.7 Å². The third-order valence-corrected chi connectivity index (χ3v) is 7.34. The van der Waals surface area contributed by atoms with Gasteiger partial charge in [0.15, 0.2) is 0 Å². The van der Waals surface area contributed by atoms with Crippen LogP contribution in [-0.4, -0.2) is 52.8 Å². The molecule has 36 heavy (non-hydrogen) atoms. The summed E-state index contributed by atoms with van der Waals surface area (Å²) in [4.78, 5) is 19.3. The van der Waals surface area contributed by atoms with Gasteiger partial charge in [0.25, 0.3) is 5.91 Å². The third kappa shape index (κ3) is 6.23. The van der Waals surface area contributed by atoms with E-state index in [1.807, 2.05) is 19.1 Å². The number of carbonyl (C=O) groups excluding carboxylic acids is 1. The predicted octanol–water partition coefficient (Wildman–Crippen LogP) is 6.34. The van der Waals surface area contributed by atoms with Gasteiger partial charge in [-0.05, 0) is 52.5 Å². The van der Waals surface area contributed by atoms with E-state index >= 15 is 0 Å². The fourth-order valence-electron chi connectivity index (χ4n) is 4.49. The number of fused-ring (bicyclic) bond motifs is 1. The molecule has 2 heterocycles. The van der Waals surface area contributed by atoms with Crippen molar-refractivity contribution in [2.75, 3.05) is 31.1 Å². The van der Waals surface area contributed by atoms with Gasteiger partial charge in [-0.25, -0.2) is 0 Å². The lowest BCUT2D eigenvalue weighted by molar-refractivity contribution is -0.274. The van der Waals surface area contributed by atoms with Gasteiger partial charge in [0, 0.05) is 50.7 Å². The molecule has 0 N–H and O–H groups in total. The summed E-state index contributed by atoms with van der Waals surface area (Å²) in [5.41, 5.74) is 4.26. The van der Waals surface area contributed by atoms with Crippen LogP contribution in [0.5, 0.6) is 5.75 Å². The van der Waals surface area contributed by atoms with Crippen LogP contribution in [0.2, 0.25) is 5.02 Å². The summed E-state index contributed by atoms with van der Waals surface area (Å²) in [5.74, 6) is -0.476. The Morgan fingerprint density at radius 2 is 1.86 bits per heavy atom. The predicted molar refractivity (Wildman–Crippen MR) is 146 cm³/mol. The molecule has 0 spiro atoms. The van der Waals surface area contributed by atoms with Gasteiger partial charge in [-0.2, -0.15) is 0 Å². The lowest BCUT2D eigenvalue weighted by Crippen LogP contribution is -2.45. The maximum Gasteiger partial charge on any atom is 0.573 e. The number of rotatable bonds is 7. The molecule has 2 aromatic carbocycles. The molecule has 0 atom stereocenters. The van der Waals surface area contributed by atoms with Crippen LogP contribution in [0, 0.1) is 0 Å². The van der Waals surface area contributed by atoms with Crippen molar-refractivity contribution in [2.24, 2.45) is 0 Å². The van der Waals surface area contributed by atoms with E-state index in [4.69, 9.17) is 11.6 Å².